The number of hydrogen-bond donors (Lipinski definition) is 1. The smallest absolute Gasteiger partial charge is 0.352 e. The van der Waals surface area contributed by atoms with Gasteiger partial charge in [-0.2, -0.15) is 23.4 Å². The van der Waals surface area contributed by atoms with Gasteiger partial charge in [-0.15, -0.1) is 0 Å². The molecule has 2 aromatic heterocycles. The van der Waals surface area contributed by atoms with E-state index in [0.29, 0.717) is 50.4 Å². The summed E-state index contributed by atoms with van der Waals surface area (Å²) in [6.45, 7) is 2.69. The van der Waals surface area contributed by atoms with Crippen molar-refractivity contribution in [3.8, 4) is 0 Å². The van der Waals surface area contributed by atoms with Gasteiger partial charge < -0.3 is 5.32 Å². The number of nitrogens with zero attached hydrogens (tertiary/aromatic N) is 4. The second kappa shape index (κ2) is 7.25. The van der Waals surface area contributed by atoms with Crippen LogP contribution >= 0.6 is 0 Å². The summed E-state index contributed by atoms with van der Waals surface area (Å²) in [5.41, 5.74) is 1.05. The number of carbonyl (C=O) groups is 1. The van der Waals surface area contributed by atoms with Crippen LogP contribution in [0.3, 0.4) is 0 Å². The molecule has 0 spiro atoms. The van der Waals surface area contributed by atoms with E-state index < -0.39 is 17.9 Å². The number of rotatable bonds is 7. The maximum Gasteiger partial charge on any atom is 0.435 e. The van der Waals surface area contributed by atoms with Crippen molar-refractivity contribution < 1.29 is 18.0 Å². The number of amides is 1. The molecule has 1 N–H and O–H groups in total. The van der Waals surface area contributed by atoms with Crippen molar-refractivity contribution in [1.29, 1.82) is 0 Å². The molecule has 2 heterocycles. The number of carbonyl (C=O) groups excluding carboxylic acids is 1. The van der Waals surface area contributed by atoms with Crippen LogP contribution in [0.15, 0.2) is 12.3 Å². The van der Waals surface area contributed by atoms with E-state index in [0.717, 1.165) is 5.69 Å². The Hall–Kier alpha value is -2.32. The lowest BCUT2D eigenvalue weighted by molar-refractivity contribution is -0.142. The van der Waals surface area contributed by atoms with E-state index in [-0.39, 0.29) is 11.5 Å². The van der Waals surface area contributed by atoms with Crippen LogP contribution in [0.2, 0.25) is 0 Å². The van der Waals surface area contributed by atoms with Gasteiger partial charge >= 0.3 is 6.18 Å². The predicted octanol–water partition coefficient (Wildman–Crippen LogP) is 3.23. The van der Waals surface area contributed by atoms with E-state index >= 15 is 0 Å². The highest BCUT2D eigenvalue weighted by Crippen LogP contribution is 2.39. The predicted molar refractivity (Wildman–Crippen MR) is 95.8 cm³/mol. The van der Waals surface area contributed by atoms with Crippen LogP contribution in [0, 0.1) is 0 Å². The Kier molecular flexibility index (Phi) is 4.93. The summed E-state index contributed by atoms with van der Waals surface area (Å²) in [5.74, 6) is 0.271. The molecule has 1 saturated carbocycles. The highest BCUT2D eigenvalue weighted by Gasteiger charge is 2.41. The van der Waals surface area contributed by atoms with Gasteiger partial charge in [0.15, 0.2) is 5.69 Å². The molecule has 0 saturated heterocycles. The third-order valence-electron chi connectivity index (χ3n) is 5.51. The lowest BCUT2D eigenvalue weighted by atomic mass is 10.1. The van der Waals surface area contributed by atoms with Gasteiger partial charge in [-0.05, 0) is 44.6 Å². The van der Waals surface area contributed by atoms with Gasteiger partial charge in [-0.25, -0.2) is 0 Å². The van der Waals surface area contributed by atoms with Crippen molar-refractivity contribution in [2.75, 3.05) is 6.54 Å². The summed E-state index contributed by atoms with van der Waals surface area (Å²) in [4.78, 5) is 12.7. The minimum absolute atomic E-state index is 0.253. The fraction of sp³-hybridized carbons (Fsp3) is 0.632. The molecule has 0 aromatic carbocycles. The lowest BCUT2D eigenvalue weighted by Gasteiger charge is -2.18. The van der Waals surface area contributed by atoms with Crippen LogP contribution in [0.25, 0.3) is 0 Å². The van der Waals surface area contributed by atoms with E-state index in [1.165, 1.54) is 17.5 Å². The normalized spacial score (nSPS) is 17.6. The van der Waals surface area contributed by atoms with Crippen molar-refractivity contribution in [2.45, 2.75) is 70.1 Å². The molecule has 2 aromatic rings. The van der Waals surface area contributed by atoms with Crippen LogP contribution in [0.1, 0.15) is 67.2 Å². The number of halogens is 3. The fourth-order valence-electron chi connectivity index (χ4n) is 3.93. The van der Waals surface area contributed by atoms with Crippen molar-refractivity contribution >= 4 is 5.91 Å². The van der Waals surface area contributed by atoms with E-state index in [1.54, 1.807) is 11.6 Å². The Morgan fingerprint density at radius 2 is 2.11 bits per heavy atom. The second-order valence-electron chi connectivity index (χ2n) is 7.56. The minimum atomic E-state index is -4.49. The summed E-state index contributed by atoms with van der Waals surface area (Å²) >= 11 is 0. The third kappa shape index (κ3) is 3.66. The number of hydrogen-bond acceptors (Lipinski definition) is 3. The first-order valence-electron chi connectivity index (χ1n) is 9.87. The summed E-state index contributed by atoms with van der Waals surface area (Å²) in [6.07, 6.45) is 1.70. The van der Waals surface area contributed by atoms with Gasteiger partial charge in [0.05, 0.1) is 12.2 Å². The van der Waals surface area contributed by atoms with E-state index in [9.17, 15) is 18.0 Å². The first kappa shape index (κ1) is 19.0. The van der Waals surface area contributed by atoms with Crippen LogP contribution in [0.4, 0.5) is 13.2 Å². The molecule has 6 nitrogen and oxygen atoms in total. The number of fused-ring (bicyclic) bond motifs is 1. The molecule has 2 aliphatic rings. The third-order valence-corrected chi connectivity index (χ3v) is 5.51. The number of nitrogens with one attached hydrogen (secondary N) is 1. The average molecular weight is 395 g/mol. The lowest BCUT2D eigenvalue weighted by Crippen LogP contribution is -2.35. The van der Waals surface area contributed by atoms with Gasteiger partial charge in [0.2, 0.25) is 5.91 Å². The summed E-state index contributed by atoms with van der Waals surface area (Å²) in [6, 6.07) is 1.27. The summed E-state index contributed by atoms with van der Waals surface area (Å²) < 4.78 is 43.0. The molecule has 152 valence electrons. The van der Waals surface area contributed by atoms with Crippen molar-refractivity contribution in [2.24, 2.45) is 0 Å². The summed E-state index contributed by atoms with van der Waals surface area (Å²) in [7, 11) is 0. The molecule has 9 heteroatoms. The zero-order chi connectivity index (χ0) is 19.9. The molecule has 0 bridgehead atoms. The SMILES string of the molecule is CC[C@H](C(=O)NCCn1ccc(C2CC2)n1)n1nc(C(F)(F)F)c2c1CCC2. The second-order valence-corrected chi connectivity index (χ2v) is 7.56. The minimum Gasteiger partial charge on any atom is -0.352 e. The van der Waals surface area contributed by atoms with Crippen LogP contribution in [-0.2, 0) is 30.4 Å². The maximum absolute atomic E-state index is 13.3. The van der Waals surface area contributed by atoms with Crippen LogP contribution in [0.5, 0.6) is 0 Å². The molecule has 2 aliphatic carbocycles. The molecule has 1 amide bonds. The molecule has 0 aliphatic heterocycles. The molecule has 28 heavy (non-hydrogen) atoms. The standard InChI is InChI=1S/C19H24F3N5O/c1-2-15(27-16-5-3-4-13(16)17(25-27)19(20,21)22)18(28)23-9-11-26-10-8-14(24-26)12-6-7-12/h8,10,12,15H,2-7,9,11H2,1H3,(H,23,28)/t15-/m1/s1. The Bertz CT molecular complexity index is 866. The van der Waals surface area contributed by atoms with Crippen LogP contribution < -0.4 is 5.32 Å². The van der Waals surface area contributed by atoms with Gasteiger partial charge in [0.1, 0.15) is 6.04 Å². The molecule has 1 atom stereocenters. The maximum atomic E-state index is 13.3. The average Bonchev–Trinajstić information content (AvgIpc) is 3.05. The van der Waals surface area contributed by atoms with Crippen molar-refractivity contribution in [3.05, 3.63) is 34.9 Å². The van der Waals surface area contributed by atoms with E-state index in [1.807, 2.05) is 12.3 Å². The molecule has 4 rings (SSSR count). The monoisotopic (exact) mass is 395 g/mol. The highest BCUT2D eigenvalue weighted by molar-refractivity contribution is 5.80. The fourth-order valence-corrected chi connectivity index (χ4v) is 3.93. The molecular formula is C19H24F3N5O. The Morgan fingerprint density at radius 1 is 1.32 bits per heavy atom. The summed E-state index contributed by atoms with van der Waals surface area (Å²) in [5, 5.41) is 11.1. The molecule has 0 unspecified atom stereocenters. The Labute approximate surface area is 161 Å². The Balaban J connectivity index is 1.42. The van der Waals surface area contributed by atoms with E-state index in [2.05, 4.69) is 15.5 Å². The first-order valence-corrected chi connectivity index (χ1v) is 9.87. The zero-order valence-corrected chi connectivity index (χ0v) is 15.8. The number of aromatic nitrogens is 4. The Morgan fingerprint density at radius 3 is 2.79 bits per heavy atom. The van der Waals surface area contributed by atoms with Gasteiger partial charge in [0.25, 0.3) is 0 Å². The highest BCUT2D eigenvalue weighted by atomic mass is 19.4. The largest absolute Gasteiger partial charge is 0.435 e. The molecular weight excluding hydrogens is 371 g/mol. The van der Waals surface area contributed by atoms with Crippen molar-refractivity contribution in [1.82, 2.24) is 24.9 Å². The molecule has 0 radical (unpaired) electrons. The van der Waals surface area contributed by atoms with E-state index in [4.69, 9.17) is 0 Å². The first-order chi connectivity index (χ1) is 13.4. The van der Waals surface area contributed by atoms with Gasteiger partial charge in [0, 0.05) is 29.9 Å². The van der Waals surface area contributed by atoms with Crippen LogP contribution in [-0.4, -0.2) is 32.0 Å². The molecule has 1 fully saturated rings. The number of alkyl halides is 3. The van der Waals surface area contributed by atoms with Crippen molar-refractivity contribution in [3.63, 3.8) is 0 Å². The topological polar surface area (TPSA) is 64.7 Å². The van der Waals surface area contributed by atoms with Gasteiger partial charge in [-0.1, -0.05) is 6.92 Å². The zero-order valence-electron chi connectivity index (χ0n) is 15.8. The van der Waals surface area contributed by atoms with Gasteiger partial charge in [-0.3, -0.25) is 14.2 Å². The quantitative estimate of drug-likeness (QED) is 0.783.